The molecule has 15 heavy (non-hydrogen) atoms. The summed E-state index contributed by atoms with van der Waals surface area (Å²) in [5, 5.41) is 4.59. The van der Waals surface area contributed by atoms with E-state index >= 15 is 0 Å². The molecule has 0 spiro atoms. The molecule has 0 radical (unpaired) electrons. The number of furan rings is 1. The fourth-order valence-corrected chi connectivity index (χ4v) is 2.38. The molecule has 0 saturated carbocycles. The van der Waals surface area contributed by atoms with Gasteiger partial charge in [-0.2, -0.15) is 0 Å². The minimum atomic E-state index is 0.709. The molecule has 1 aromatic carbocycles. The van der Waals surface area contributed by atoms with E-state index in [0.717, 1.165) is 18.7 Å². The van der Waals surface area contributed by atoms with Crippen molar-refractivity contribution in [3.8, 4) is 0 Å². The lowest BCUT2D eigenvalue weighted by Crippen LogP contribution is -2.26. The maximum Gasteiger partial charge on any atom is 0.134 e. The Hall–Kier alpha value is -1.28. The van der Waals surface area contributed by atoms with Gasteiger partial charge < -0.3 is 9.73 Å². The zero-order chi connectivity index (χ0) is 10.1. The summed E-state index contributed by atoms with van der Waals surface area (Å²) in [6.07, 6.45) is 4.25. The van der Waals surface area contributed by atoms with Crippen molar-refractivity contribution in [2.75, 3.05) is 13.1 Å². The second-order valence-corrected chi connectivity index (χ2v) is 4.24. The van der Waals surface area contributed by atoms with E-state index in [0.29, 0.717) is 5.92 Å². The molecule has 3 rings (SSSR count). The van der Waals surface area contributed by atoms with Crippen molar-refractivity contribution in [2.45, 2.75) is 18.8 Å². The zero-order valence-electron chi connectivity index (χ0n) is 8.70. The summed E-state index contributed by atoms with van der Waals surface area (Å²) in [5.74, 6) is 0.709. The molecule has 2 nitrogen and oxygen atoms in total. The smallest absolute Gasteiger partial charge is 0.134 e. The predicted molar refractivity (Wildman–Crippen MR) is 61.1 cm³/mol. The standard InChI is InChI=1S/C13H15NO/c1-2-12(10-3-6-14-7-4-10)9-13-11(1)5-8-15-13/h1-2,5,8-10,14H,3-4,6-7H2. The highest BCUT2D eigenvalue weighted by Gasteiger charge is 2.15. The van der Waals surface area contributed by atoms with Crippen LogP contribution in [0.2, 0.25) is 0 Å². The molecule has 2 heteroatoms. The maximum atomic E-state index is 5.43. The number of hydrogen-bond donors (Lipinski definition) is 1. The van der Waals surface area contributed by atoms with Gasteiger partial charge in [0, 0.05) is 5.39 Å². The van der Waals surface area contributed by atoms with E-state index in [4.69, 9.17) is 4.42 Å². The van der Waals surface area contributed by atoms with Crippen LogP contribution in [-0.2, 0) is 0 Å². The highest BCUT2D eigenvalue weighted by atomic mass is 16.3. The van der Waals surface area contributed by atoms with Gasteiger partial charge in [0.2, 0.25) is 0 Å². The van der Waals surface area contributed by atoms with Crippen molar-refractivity contribution in [3.63, 3.8) is 0 Å². The van der Waals surface area contributed by atoms with Gasteiger partial charge in [-0.25, -0.2) is 0 Å². The van der Waals surface area contributed by atoms with Gasteiger partial charge in [0.1, 0.15) is 5.58 Å². The first-order chi connectivity index (χ1) is 7.43. The molecule has 0 bridgehead atoms. The van der Waals surface area contributed by atoms with Crippen LogP contribution in [0.3, 0.4) is 0 Å². The van der Waals surface area contributed by atoms with Crippen LogP contribution in [0.5, 0.6) is 0 Å². The van der Waals surface area contributed by atoms with Crippen LogP contribution in [-0.4, -0.2) is 13.1 Å². The van der Waals surface area contributed by atoms with Crippen LogP contribution in [0.1, 0.15) is 24.3 Å². The summed E-state index contributed by atoms with van der Waals surface area (Å²) in [7, 11) is 0. The summed E-state index contributed by atoms with van der Waals surface area (Å²) >= 11 is 0. The first-order valence-electron chi connectivity index (χ1n) is 5.61. The number of benzene rings is 1. The Bertz CT molecular complexity index is 454. The Morgan fingerprint density at radius 3 is 2.87 bits per heavy atom. The number of nitrogens with one attached hydrogen (secondary N) is 1. The summed E-state index contributed by atoms with van der Waals surface area (Å²) in [6.45, 7) is 2.28. The molecule has 0 aliphatic carbocycles. The highest BCUT2D eigenvalue weighted by Crippen LogP contribution is 2.28. The van der Waals surface area contributed by atoms with E-state index in [1.54, 1.807) is 6.26 Å². The molecule has 2 heterocycles. The normalized spacial score (nSPS) is 18.4. The van der Waals surface area contributed by atoms with Gasteiger partial charge in [0.15, 0.2) is 0 Å². The quantitative estimate of drug-likeness (QED) is 0.767. The van der Waals surface area contributed by atoms with E-state index in [9.17, 15) is 0 Å². The Morgan fingerprint density at radius 2 is 2.00 bits per heavy atom. The lowest BCUT2D eigenvalue weighted by Gasteiger charge is -2.22. The van der Waals surface area contributed by atoms with Crippen molar-refractivity contribution >= 4 is 11.0 Å². The van der Waals surface area contributed by atoms with E-state index in [2.05, 4.69) is 23.5 Å². The lowest BCUT2D eigenvalue weighted by molar-refractivity contribution is 0.460. The van der Waals surface area contributed by atoms with Crippen LogP contribution in [0.15, 0.2) is 34.9 Å². The monoisotopic (exact) mass is 201 g/mol. The van der Waals surface area contributed by atoms with Crippen LogP contribution < -0.4 is 5.32 Å². The molecular formula is C13H15NO. The fraction of sp³-hybridized carbons (Fsp3) is 0.385. The molecule has 1 aliphatic heterocycles. The summed E-state index contributed by atoms with van der Waals surface area (Å²) < 4.78 is 5.43. The zero-order valence-corrected chi connectivity index (χ0v) is 8.70. The van der Waals surface area contributed by atoms with E-state index in [-0.39, 0.29) is 0 Å². The predicted octanol–water partition coefficient (Wildman–Crippen LogP) is 2.90. The molecule has 78 valence electrons. The minimum absolute atomic E-state index is 0.709. The Labute approximate surface area is 89.3 Å². The van der Waals surface area contributed by atoms with Crippen LogP contribution in [0, 0.1) is 0 Å². The SMILES string of the molecule is c1cc2ccc(C3CCNCC3)cc2o1. The highest BCUT2D eigenvalue weighted by molar-refractivity contribution is 5.77. The molecule has 1 N–H and O–H groups in total. The molecule has 0 unspecified atom stereocenters. The number of hydrogen-bond acceptors (Lipinski definition) is 2. The van der Waals surface area contributed by atoms with Crippen LogP contribution in [0.25, 0.3) is 11.0 Å². The number of rotatable bonds is 1. The Balaban J connectivity index is 1.95. The molecule has 0 amide bonds. The molecule has 1 aromatic heterocycles. The van der Waals surface area contributed by atoms with Crippen molar-refractivity contribution in [2.24, 2.45) is 0 Å². The average Bonchev–Trinajstić information content (AvgIpc) is 2.77. The number of fused-ring (bicyclic) bond motifs is 1. The maximum absolute atomic E-state index is 5.43. The van der Waals surface area contributed by atoms with Crippen molar-refractivity contribution in [1.29, 1.82) is 0 Å². The van der Waals surface area contributed by atoms with Crippen molar-refractivity contribution < 1.29 is 4.42 Å². The van der Waals surface area contributed by atoms with Gasteiger partial charge in [-0.15, -0.1) is 0 Å². The Kier molecular flexibility index (Phi) is 2.22. The molecule has 1 fully saturated rings. The van der Waals surface area contributed by atoms with Gasteiger partial charge in [-0.05, 0) is 49.5 Å². The lowest BCUT2D eigenvalue weighted by atomic mass is 9.90. The van der Waals surface area contributed by atoms with E-state index in [1.807, 2.05) is 6.07 Å². The third kappa shape index (κ3) is 1.65. The second-order valence-electron chi connectivity index (χ2n) is 4.24. The van der Waals surface area contributed by atoms with Gasteiger partial charge in [-0.1, -0.05) is 12.1 Å². The van der Waals surface area contributed by atoms with Gasteiger partial charge in [0.25, 0.3) is 0 Å². The van der Waals surface area contributed by atoms with Crippen molar-refractivity contribution in [1.82, 2.24) is 5.32 Å². The molecule has 1 aliphatic rings. The van der Waals surface area contributed by atoms with Gasteiger partial charge in [0.05, 0.1) is 6.26 Å². The Morgan fingerprint density at radius 1 is 1.13 bits per heavy atom. The molecule has 1 saturated heterocycles. The number of piperidine rings is 1. The summed E-state index contributed by atoms with van der Waals surface area (Å²) in [5.41, 5.74) is 2.45. The van der Waals surface area contributed by atoms with Gasteiger partial charge in [-0.3, -0.25) is 0 Å². The van der Waals surface area contributed by atoms with Crippen LogP contribution in [0.4, 0.5) is 0 Å². The van der Waals surface area contributed by atoms with E-state index < -0.39 is 0 Å². The molecular weight excluding hydrogens is 186 g/mol. The van der Waals surface area contributed by atoms with Crippen molar-refractivity contribution in [3.05, 3.63) is 36.1 Å². The summed E-state index contributed by atoms with van der Waals surface area (Å²) in [6, 6.07) is 8.62. The topological polar surface area (TPSA) is 25.2 Å². The average molecular weight is 201 g/mol. The third-order valence-corrected chi connectivity index (χ3v) is 3.29. The molecule has 2 aromatic rings. The van der Waals surface area contributed by atoms with Gasteiger partial charge >= 0.3 is 0 Å². The first kappa shape index (κ1) is 8.98. The minimum Gasteiger partial charge on any atom is -0.464 e. The third-order valence-electron chi connectivity index (χ3n) is 3.29. The summed E-state index contributed by atoms with van der Waals surface area (Å²) in [4.78, 5) is 0. The van der Waals surface area contributed by atoms with Crippen LogP contribution >= 0.6 is 0 Å². The second kappa shape index (κ2) is 3.70. The largest absolute Gasteiger partial charge is 0.464 e. The van der Waals surface area contributed by atoms with E-state index in [1.165, 1.54) is 23.8 Å². The first-order valence-corrected chi connectivity index (χ1v) is 5.61. The fourth-order valence-electron chi connectivity index (χ4n) is 2.38. The molecule has 0 atom stereocenters.